The molecule has 0 bridgehead atoms. The Labute approximate surface area is 217 Å². The van der Waals surface area contributed by atoms with Crippen molar-refractivity contribution < 1.29 is 13.2 Å². The van der Waals surface area contributed by atoms with Crippen LogP contribution in [0.4, 0.5) is 5.13 Å². The average Bonchev–Trinajstić information content (AvgIpc) is 3.24. The van der Waals surface area contributed by atoms with Gasteiger partial charge in [-0.3, -0.25) is 15.0 Å². The third kappa shape index (κ3) is 6.68. The van der Waals surface area contributed by atoms with Crippen molar-refractivity contribution in [2.24, 2.45) is 0 Å². The lowest BCUT2D eigenvalue weighted by atomic mass is 10.1. The first kappa shape index (κ1) is 27.3. The minimum absolute atomic E-state index is 0. The highest BCUT2D eigenvalue weighted by Gasteiger charge is 2.23. The van der Waals surface area contributed by atoms with Crippen LogP contribution in [0, 0.1) is 0 Å². The SMILES string of the molecule is CCCCN(C)S(=O)(=O)c1ccc(C(=O)Nc2nc3c(s2)CN(Cc2ccccc2)CC3)cc1.Cl. The number of unbranched alkanes of at least 4 members (excludes halogenated alkanes) is 1. The average molecular weight is 535 g/mol. The topological polar surface area (TPSA) is 82.6 Å². The molecule has 0 fully saturated rings. The maximum atomic E-state index is 12.8. The maximum Gasteiger partial charge on any atom is 0.257 e. The van der Waals surface area contributed by atoms with Crippen molar-refractivity contribution in [1.29, 1.82) is 0 Å². The van der Waals surface area contributed by atoms with Crippen LogP contribution >= 0.6 is 23.7 Å². The zero-order valence-corrected chi connectivity index (χ0v) is 22.4. The molecule has 10 heteroatoms. The van der Waals surface area contributed by atoms with Gasteiger partial charge in [-0.1, -0.05) is 43.7 Å². The fourth-order valence-corrected chi connectivity index (χ4v) is 6.16. The van der Waals surface area contributed by atoms with Crippen LogP contribution in [0.5, 0.6) is 0 Å². The number of sulfonamides is 1. The number of nitrogens with one attached hydrogen (secondary N) is 1. The molecular formula is C25H31ClN4O3S2. The zero-order chi connectivity index (χ0) is 24.1. The van der Waals surface area contributed by atoms with Crippen LogP contribution in [0.15, 0.2) is 59.5 Å². The number of carbonyl (C=O) groups excluding carboxylic acids is 1. The molecule has 2 heterocycles. The molecule has 0 atom stereocenters. The lowest BCUT2D eigenvalue weighted by Crippen LogP contribution is -2.29. The number of rotatable bonds is 9. The van der Waals surface area contributed by atoms with Gasteiger partial charge in [0.05, 0.1) is 10.6 Å². The molecule has 7 nitrogen and oxygen atoms in total. The van der Waals surface area contributed by atoms with E-state index in [1.807, 2.05) is 13.0 Å². The molecule has 2 aromatic carbocycles. The van der Waals surface area contributed by atoms with Crippen LogP contribution in [0.3, 0.4) is 0 Å². The number of hydrogen-bond donors (Lipinski definition) is 1. The molecule has 1 N–H and O–H groups in total. The summed E-state index contributed by atoms with van der Waals surface area (Å²) >= 11 is 1.50. The summed E-state index contributed by atoms with van der Waals surface area (Å²) in [5.74, 6) is -0.296. The first-order valence-corrected chi connectivity index (χ1v) is 13.7. The van der Waals surface area contributed by atoms with Crippen molar-refractivity contribution in [2.75, 3.05) is 25.5 Å². The van der Waals surface area contributed by atoms with Crippen LogP contribution in [-0.4, -0.2) is 48.7 Å². The minimum atomic E-state index is -3.56. The van der Waals surface area contributed by atoms with Crippen LogP contribution < -0.4 is 5.32 Å². The molecule has 0 aliphatic carbocycles. The summed E-state index contributed by atoms with van der Waals surface area (Å²) in [5.41, 5.74) is 2.72. The second kappa shape index (κ2) is 12.1. The van der Waals surface area contributed by atoms with Gasteiger partial charge in [0.2, 0.25) is 10.0 Å². The van der Waals surface area contributed by atoms with E-state index in [0.717, 1.165) is 44.6 Å². The standard InChI is InChI=1S/C25H30N4O3S2.ClH/c1-3-4-15-28(2)34(31,32)21-12-10-20(11-13-21)24(30)27-25-26-22-14-16-29(18-23(22)33-25)17-19-8-6-5-7-9-19;/h5-13H,3-4,14-18H2,1-2H3,(H,26,27,30);1H. The maximum absolute atomic E-state index is 12.8. The third-order valence-electron chi connectivity index (χ3n) is 5.93. The quantitative estimate of drug-likeness (QED) is 0.426. The summed E-state index contributed by atoms with van der Waals surface area (Å²) in [5, 5.41) is 3.46. The first-order valence-electron chi connectivity index (χ1n) is 11.5. The second-order valence-corrected chi connectivity index (χ2v) is 11.6. The highest BCUT2D eigenvalue weighted by atomic mass is 35.5. The van der Waals surface area contributed by atoms with Crippen molar-refractivity contribution in [1.82, 2.24) is 14.2 Å². The molecule has 0 spiro atoms. The van der Waals surface area contributed by atoms with Gasteiger partial charge in [-0.25, -0.2) is 17.7 Å². The number of carbonyl (C=O) groups is 1. The Morgan fingerprint density at radius 3 is 2.54 bits per heavy atom. The minimum Gasteiger partial charge on any atom is -0.298 e. The van der Waals surface area contributed by atoms with Gasteiger partial charge in [-0.2, -0.15) is 0 Å². The second-order valence-electron chi connectivity index (χ2n) is 8.49. The molecule has 1 amide bonds. The smallest absolute Gasteiger partial charge is 0.257 e. The van der Waals surface area contributed by atoms with Gasteiger partial charge in [0.1, 0.15) is 0 Å². The number of thiazole rings is 1. The molecule has 0 saturated heterocycles. The fraction of sp³-hybridized carbons (Fsp3) is 0.360. The summed E-state index contributed by atoms with van der Waals surface area (Å²) in [4.78, 5) is 21.1. The summed E-state index contributed by atoms with van der Waals surface area (Å²) < 4.78 is 26.7. The van der Waals surface area contributed by atoms with E-state index < -0.39 is 10.0 Å². The zero-order valence-electron chi connectivity index (χ0n) is 19.9. The number of nitrogens with zero attached hydrogens (tertiary/aromatic N) is 3. The van der Waals surface area contributed by atoms with Gasteiger partial charge in [0, 0.05) is 50.1 Å². The third-order valence-corrected chi connectivity index (χ3v) is 8.80. The number of aromatic nitrogens is 1. The molecule has 35 heavy (non-hydrogen) atoms. The molecule has 3 aromatic rings. The Hall–Kier alpha value is -2.30. The Kier molecular flexibility index (Phi) is 9.43. The highest BCUT2D eigenvalue weighted by molar-refractivity contribution is 7.89. The van der Waals surface area contributed by atoms with Crippen LogP contribution in [0.1, 0.15) is 46.3 Å². The van der Waals surface area contributed by atoms with Crippen molar-refractivity contribution in [3.63, 3.8) is 0 Å². The van der Waals surface area contributed by atoms with Crippen molar-refractivity contribution >= 4 is 44.8 Å². The van der Waals surface area contributed by atoms with E-state index in [-0.39, 0.29) is 23.2 Å². The number of anilines is 1. The molecule has 1 aliphatic heterocycles. The monoisotopic (exact) mass is 534 g/mol. The Balaban J connectivity index is 0.00000342. The fourth-order valence-electron chi connectivity index (χ4n) is 3.91. The van der Waals surface area contributed by atoms with Gasteiger partial charge in [-0.05, 0) is 36.2 Å². The predicted molar refractivity (Wildman–Crippen MR) is 143 cm³/mol. The first-order chi connectivity index (χ1) is 16.4. The van der Waals surface area contributed by atoms with Crippen molar-refractivity contribution in [2.45, 2.75) is 44.2 Å². The highest BCUT2D eigenvalue weighted by Crippen LogP contribution is 2.29. The van der Waals surface area contributed by atoms with Gasteiger partial charge < -0.3 is 0 Å². The van der Waals surface area contributed by atoms with E-state index in [1.54, 1.807) is 19.2 Å². The molecule has 0 radical (unpaired) electrons. The lowest BCUT2D eigenvalue weighted by molar-refractivity contribution is 0.102. The van der Waals surface area contributed by atoms with Crippen LogP contribution in [0.2, 0.25) is 0 Å². The van der Waals surface area contributed by atoms with Gasteiger partial charge in [0.15, 0.2) is 5.13 Å². The molecule has 1 aromatic heterocycles. The van der Waals surface area contributed by atoms with Crippen LogP contribution in [-0.2, 0) is 29.5 Å². The lowest BCUT2D eigenvalue weighted by Gasteiger charge is -2.25. The normalized spacial score (nSPS) is 13.8. The molecule has 0 saturated carbocycles. The number of fused-ring (bicyclic) bond motifs is 1. The Morgan fingerprint density at radius 2 is 1.86 bits per heavy atom. The molecule has 0 unspecified atom stereocenters. The Bertz CT molecular complexity index is 1230. The van der Waals surface area contributed by atoms with E-state index in [2.05, 4.69) is 39.5 Å². The van der Waals surface area contributed by atoms with E-state index >= 15 is 0 Å². The van der Waals surface area contributed by atoms with Gasteiger partial charge in [0.25, 0.3) is 5.91 Å². The Morgan fingerprint density at radius 1 is 1.14 bits per heavy atom. The van der Waals surface area contributed by atoms with E-state index in [4.69, 9.17) is 0 Å². The van der Waals surface area contributed by atoms with Gasteiger partial charge in [-0.15, -0.1) is 23.7 Å². The largest absolute Gasteiger partial charge is 0.298 e. The molecule has 4 rings (SSSR count). The van der Waals surface area contributed by atoms with Crippen molar-refractivity contribution in [3.8, 4) is 0 Å². The summed E-state index contributed by atoms with van der Waals surface area (Å²) in [6.45, 7) is 5.13. The summed E-state index contributed by atoms with van der Waals surface area (Å²) in [6, 6.07) is 16.5. The molecular weight excluding hydrogens is 504 g/mol. The van der Waals surface area contributed by atoms with E-state index in [1.165, 1.54) is 38.2 Å². The summed E-state index contributed by atoms with van der Waals surface area (Å²) in [6.07, 6.45) is 2.58. The predicted octanol–water partition coefficient (Wildman–Crippen LogP) is 4.80. The van der Waals surface area contributed by atoms with Gasteiger partial charge >= 0.3 is 0 Å². The van der Waals surface area contributed by atoms with E-state index in [0.29, 0.717) is 17.2 Å². The molecule has 188 valence electrons. The van der Waals surface area contributed by atoms with Crippen molar-refractivity contribution in [3.05, 3.63) is 76.3 Å². The van der Waals surface area contributed by atoms with Crippen LogP contribution in [0.25, 0.3) is 0 Å². The number of hydrogen-bond acceptors (Lipinski definition) is 6. The summed E-state index contributed by atoms with van der Waals surface area (Å²) in [7, 11) is -1.98. The number of amides is 1. The number of halogens is 1. The van der Waals surface area contributed by atoms with E-state index in [9.17, 15) is 13.2 Å². The number of benzene rings is 2. The molecule has 1 aliphatic rings.